The third kappa shape index (κ3) is 3.89. The van der Waals surface area contributed by atoms with Crippen LogP contribution >= 0.6 is 0 Å². The first-order valence-electron chi connectivity index (χ1n) is 10.5. The number of carbonyl (C=O) groups is 1. The second-order valence-corrected chi connectivity index (χ2v) is 8.40. The summed E-state index contributed by atoms with van der Waals surface area (Å²) in [5.74, 6) is 0.523. The molecule has 156 valence electrons. The van der Waals surface area contributed by atoms with Crippen LogP contribution in [0.5, 0.6) is 0 Å². The number of hydrogen-bond acceptors (Lipinski definition) is 3. The highest BCUT2D eigenvalue weighted by Gasteiger charge is 2.23. The van der Waals surface area contributed by atoms with Crippen LogP contribution in [0, 0.1) is 12.8 Å². The fourth-order valence-electron chi connectivity index (χ4n) is 4.03. The highest BCUT2D eigenvalue weighted by Crippen LogP contribution is 2.33. The minimum atomic E-state index is -0.102. The van der Waals surface area contributed by atoms with E-state index >= 15 is 0 Å². The second kappa shape index (κ2) is 7.54. The number of aryl methyl sites for hydroxylation is 1. The number of rotatable bonds is 5. The summed E-state index contributed by atoms with van der Waals surface area (Å²) in [6.45, 7) is 4.16. The van der Waals surface area contributed by atoms with Gasteiger partial charge >= 0.3 is 0 Å². The summed E-state index contributed by atoms with van der Waals surface area (Å²) in [6, 6.07) is 11.8. The zero-order valence-corrected chi connectivity index (χ0v) is 17.6. The summed E-state index contributed by atoms with van der Waals surface area (Å²) in [4.78, 5) is 31.8. The van der Waals surface area contributed by atoms with E-state index in [1.807, 2.05) is 60.4 Å². The number of nitrogens with zero attached hydrogens (tertiary/aromatic N) is 2. The molecule has 0 unspecified atom stereocenters. The van der Waals surface area contributed by atoms with Gasteiger partial charge in [-0.25, -0.2) is 4.98 Å². The van der Waals surface area contributed by atoms with E-state index in [4.69, 9.17) is 0 Å². The Morgan fingerprint density at radius 1 is 1.19 bits per heavy atom. The lowest BCUT2D eigenvalue weighted by molar-refractivity contribution is -0.114. The molecule has 0 spiro atoms. The van der Waals surface area contributed by atoms with Crippen molar-refractivity contribution in [2.75, 3.05) is 5.32 Å². The van der Waals surface area contributed by atoms with Crippen molar-refractivity contribution in [2.45, 2.75) is 33.2 Å². The molecule has 0 saturated heterocycles. The van der Waals surface area contributed by atoms with Gasteiger partial charge in [0.1, 0.15) is 5.65 Å². The maximum atomic E-state index is 12.6. The zero-order chi connectivity index (χ0) is 21.5. The molecule has 0 radical (unpaired) electrons. The molecule has 2 N–H and O–H groups in total. The number of aromatic nitrogens is 3. The predicted molar refractivity (Wildman–Crippen MR) is 123 cm³/mol. The first-order valence-corrected chi connectivity index (χ1v) is 10.5. The third-order valence-corrected chi connectivity index (χ3v) is 5.78. The van der Waals surface area contributed by atoms with E-state index in [1.54, 1.807) is 0 Å². The standard InChI is InChI=1S/C25H24N4O2/c1-15-8-20(14-29(25(15)31)13-17-6-7-17)23-12-27-24-22(23)10-19(11-26-24)18-4-3-5-21(9-18)28-16(2)30/h3-5,8-12,14,17H,6-7,13H2,1-2H3,(H,26,27)(H,28,30). The van der Waals surface area contributed by atoms with Gasteiger partial charge in [-0.1, -0.05) is 12.1 Å². The normalized spacial score (nSPS) is 13.5. The van der Waals surface area contributed by atoms with Crippen LogP contribution in [-0.2, 0) is 11.3 Å². The minimum absolute atomic E-state index is 0.0871. The molecule has 6 nitrogen and oxygen atoms in total. The van der Waals surface area contributed by atoms with Crippen molar-refractivity contribution in [3.8, 4) is 22.3 Å². The molecular weight excluding hydrogens is 388 g/mol. The molecule has 1 aliphatic rings. The molecule has 1 amide bonds. The van der Waals surface area contributed by atoms with E-state index in [0.29, 0.717) is 5.92 Å². The van der Waals surface area contributed by atoms with Crippen LogP contribution in [0.15, 0.2) is 59.8 Å². The lowest BCUT2D eigenvalue weighted by Gasteiger charge is -2.10. The Morgan fingerprint density at radius 3 is 2.81 bits per heavy atom. The van der Waals surface area contributed by atoms with Crippen LogP contribution in [0.2, 0.25) is 0 Å². The van der Waals surface area contributed by atoms with E-state index in [0.717, 1.165) is 51.1 Å². The summed E-state index contributed by atoms with van der Waals surface area (Å²) >= 11 is 0. The molecule has 5 rings (SSSR count). The van der Waals surface area contributed by atoms with E-state index in [-0.39, 0.29) is 11.5 Å². The van der Waals surface area contributed by atoms with Gasteiger partial charge in [0.15, 0.2) is 0 Å². The molecule has 1 aliphatic carbocycles. The zero-order valence-electron chi connectivity index (χ0n) is 17.6. The smallest absolute Gasteiger partial charge is 0.253 e. The van der Waals surface area contributed by atoms with Gasteiger partial charge in [-0.2, -0.15) is 0 Å². The first-order chi connectivity index (χ1) is 15.0. The molecule has 0 atom stereocenters. The number of benzene rings is 1. The number of hydrogen-bond donors (Lipinski definition) is 2. The van der Waals surface area contributed by atoms with Gasteiger partial charge in [0, 0.05) is 65.4 Å². The maximum absolute atomic E-state index is 12.6. The number of pyridine rings is 2. The Kier molecular flexibility index (Phi) is 4.70. The van der Waals surface area contributed by atoms with Gasteiger partial charge in [-0.15, -0.1) is 0 Å². The van der Waals surface area contributed by atoms with Crippen LogP contribution in [0.3, 0.4) is 0 Å². The number of aromatic amines is 1. The van der Waals surface area contributed by atoms with Crippen LogP contribution in [0.1, 0.15) is 25.3 Å². The van der Waals surface area contributed by atoms with Gasteiger partial charge in [0.25, 0.3) is 5.56 Å². The molecule has 1 aromatic carbocycles. The summed E-state index contributed by atoms with van der Waals surface area (Å²) < 4.78 is 1.86. The molecule has 1 saturated carbocycles. The number of nitrogens with one attached hydrogen (secondary N) is 2. The largest absolute Gasteiger partial charge is 0.346 e. The highest BCUT2D eigenvalue weighted by atomic mass is 16.1. The van der Waals surface area contributed by atoms with Crippen LogP contribution < -0.4 is 10.9 Å². The first kappa shape index (κ1) is 19.3. The Morgan fingerprint density at radius 2 is 2.03 bits per heavy atom. The van der Waals surface area contributed by atoms with Crippen molar-refractivity contribution in [1.82, 2.24) is 14.5 Å². The van der Waals surface area contributed by atoms with Crippen molar-refractivity contribution < 1.29 is 4.79 Å². The molecule has 3 aromatic heterocycles. The molecule has 1 fully saturated rings. The van der Waals surface area contributed by atoms with Crippen molar-refractivity contribution in [2.24, 2.45) is 5.92 Å². The van der Waals surface area contributed by atoms with Crippen LogP contribution in [0.25, 0.3) is 33.3 Å². The molecule has 0 aliphatic heterocycles. The fraction of sp³-hybridized carbons (Fsp3) is 0.240. The molecule has 31 heavy (non-hydrogen) atoms. The van der Waals surface area contributed by atoms with Gasteiger partial charge in [-0.05, 0) is 55.5 Å². The SMILES string of the molecule is CC(=O)Nc1cccc(-c2cnc3[nH]cc(-c4cc(C)c(=O)n(CC5CC5)c4)c3c2)c1. The second-order valence-electron chi connectivity index (χ2n) is 8.40. The fourth-order valence-corrected chi connectivity index (χ4v) is 4.03. The molecular formula is C25H24N4O2. The monoisotopic (exact) mass is 412 g/mol. The van der Waals surface area contributed by atoms with E-state index in [2.05, 4.69) is 21.4 Å². The van der Waals surface area contributed by atoms with Gasteiger partial charge in [0.2, 0.25) is 5.91 Å². The molecule has 6 heteroatoms. The highest BCUT2D eigenvalue weighted by molar-refractivity contribution is 5.96. The Hall–Kier alpha value is -3.67. The number of anilines is 1. The van der Waals surface area contributed by atoms with Crippen molar-refractivity contribution in [3.63, 3.8) is 0 Å². The summed E-state index contributed by atoms with van der Waals surface area (Å²) in [5, 5.41) is 3.82. The number of H-pyrrole nitrogens is 1. The third-order valence-electron chi connectivity index (χ3n) is 5.78. The minimum Gasteiger partial charge on any atom is -0.346 e. The van der Waals surface area contributed by atoms with Crippen molar-refractivity contribution >= 4 is 22.6 Å². The topological polar surface area (TPSA) is 79.8 Å². The van der Waals surface area contributed by atoms with E-state index in [9.17, 15) is 9.59 Å². The number of amides is 1. The lowest BCUT2D eigenvalue weighted by Crippen LogP contribution is -2.22. The maximum Gasteiger partial charge on any atom is 0.253 e. The van der Waals surface area contributed by atoms with Crippen molar-refractivity contribution in [3.05, 3.63) is 70.9 Å². The van der Waals surface area contributed by atoms with E-state index < -0.39 is 0 Å². The number of carbonyl (C=O) groups excluding carboxylic acids is 1. The lowest BCUT2D eigenvalue weighted by atomic mass is 10.0. The summed E-state index contributed by atoms with van der Waals surface area (Å²) in [7, 11) is 0. The average Bonchev–Trinajstić information content (AvgIpc) is 3.46. The van der Waals surface area contributed by atoms with Crippen molar-refractivity contribution in [1.29, 1.82) is 0 Å². The predicted octanol–water partition coefficient (Wildman–Crippen LogP) is 4.74. The van der Waals surface area contributed by atoms with Crippen LogP contribution in [0.4, 0.5) is 5.69 Å². The average molecular weight is 412 g/mol. The van der Waals surface area contributed by atoms with Gasteiger partial charge in [0.05, 0.1) is 0 Å². The van der Waals surface area contributed by atoms with Gasteiger partial charge in [-0.3, -0.25) is 9.59 Å². The van der Waals surface area contributed by atoms with Crippen LogP contribution in [-0.4, -0.2) is 20.4 Å². The van der Waals surface area contributed by atoms with Gasteiger partial charge < -0.3 is 14.9 Å². The molecule has 4 aromatic rings. The summed E-state index contributed by atoms with van der Waals surface area (Å²) in [5.41, 5.74) is 6.36. The van der Waals surface area contributed by atoms with E-state index in [1.165, 1.54) is 19.8 Å². The molecule has 0 bridgehead atoms. The number of fused-ring (bicyclic) bond motifs is 1. The Balaban J connectivity index is 1.58. The summed E-state index contributed by atoms with van der Waals surface area (Å²) in [6.07, 6.45) is 8.16. The Labute approximate surface area is 180 Å². The Bertz CT molecular complexity index is 1360. The molecule has 3 heterocycles. The quantitative estimate of drug-likeness (QED) is 0.497.